The Morgan fingerprint density at radius 1 is 1.26 bits per heavy atom. The van der Waals surface area contributed by atoms with Crippen LogP contribution in [0, 0.1) is 5.92 Å². The monoisotopic (exact) mass is 314 g/mol. The Hall–Kier alpha value is -1.16. The van der Waals surface area contributed by atoms with Crippen molar-refractivity contribution < 1.29 is 4.74 Å². The molecule has 1 heterocycles. The Balaban J connectivity index is 1.41. The summed E-state index contributed by atoms with van der Waals surface area (Å²) in [5, 5.41) is 3.89. The highest BCUT2D eigenvalue weighted by Crippen LogP contribution is 2.38. The number of nitrogens with zero attached hydrogens (tertiary/aromatic N) is 1. The van der Waals surface area contributed by atoms with Gasteiger partial charge < -0.3 is 15.0 Å². The van der Waals surface area contributed by atoms with Gasteiger partial charge in [0.2, 0.25) is 0 Å². The maximum Gasteiger partial charge on any atom is 0.0589 e. The number of benzene rings is 1. The summed E-state index contributed by atoms with van der Waals surface area (Å²) in [5.41, 5.74) is 2.84. The van der Waals surface area contributed by atoms with E-state index >= 15 is 0 Å². The maximum atomic E-state index is 5.17. The molecule has 1 aliphatic carbocycles. The van der Waals surface area contributed by atoms with E-state index in [9.17, 15) is 0 Å². The van der Waals surface area contributed by atoms with Crippen molar-refractivity contribution in [3.05, 3.63) is 41.5 Å². The van der Waals surface area contributed by atoms with Gasteiger partial charge in [0.15, 0.2) is 0 Å². The summed E-state index contributed by atoms with van der Waals surface area (Å²) in [4.78, 5) is 2.52. The first-order valence-corrected chi connectivity index (χ1v) is 8.97. The van der Waals surface area contributed by atoms with Gasteiger partial charge in [-0.2, -0.15) is 0 Å². The number of methoxy groups -OCH3 is 1. The minimum Gasteiger partial charge on any atom is -0.383 e. The molecule has 23 heavy (non-hydrogen) atoms. The largest absolute Gasteiger partial charge is 0.383 e. The number of nitrogens with one attached hydrogen (secondary N) is 1. The lowest BCUT2D eigenvalue weighted by molar-refractivity contribution is 0.125. The normalized spacial score (nSPS) is 26.4. The standard InChI is InChI=1S/C20H30N2O/c1-16(14-17-6-4-3-5-7-17)19-15-20(19)21-18-8-10-22(11-9-18)12-13-23-2/h3-7,14,18-21H,8-13,15H2,1-2H3/t19?,20-/m0/s1. The van der Waals surface area contributed by atoms with Crippen molar-refractivity contribution in [2.24, 2.45) is 5.92 Å². The zero-order valence-electron chi connectivity index (χ0n) is 14.5. The summed E-state index contributed by atoms with van der Waals surface area (Å²) < 4.78 is 5.17. The second kappa shape index (κ2) is 8.09. The molecule has 0 spiro atoms. The lowest BCUT2D eigenvalue weighted by Crippen LogP contribution is -2.44. The van der Waals surface area contributed by atoms with Crippen molar-refractivity contribution in [1.29, 1.82) is 0 Å². The number of hydrogen-bond donors (Lipinski definition) is 1. The molecule has 1 N–H and O–H groups in total. The van der Waals surface area contributed by atoms with Crippen molar-refractivity contribution in [3.63, 3.8) is 0 Å². The van der Waals surface area contributed by atoms with E-state index in [4.69, 9.17) is 4.74 Å². The minimum absolute atomic E-state index is 0.700. The van der Waals surface area contributed by atoms with Gasteiger partial charge in [0.25, 0.3) is 0 Å². The van der Waals surface area contributed by atoms with E-state index in [0.717, 1.165) is 19.1 Å². The highest BCUT2D eigenvalue weighted by atomic mass is 16.5. The molecule has 3 nitrogen and oxygen atoms in total. The number of likely N-dealkylation sites (tertiary alicyclic amines) is 1. The van der Waals surface area contributed by atoms with Gasteiger partial charge in [-0.15, -0.1) is 0 Å². The Morgan fingerprint density at radius 3 is 2.70 bits per heavy atom. The molecular formula is C20H30N2O. The molecule has 1 saturated carbocycles. The topological polar surface area (TPSA) is 24.5 Å². The maximum absolute atomic E-state index is 5.17. The van der Waals surface area contributed by atoms with E-state index in [1.165, 1.54) is 43.5 Å². The molecule has 1 unspecified atom stereocenters. The van der Waals surface area contributed by atoms with Crippen LogP contribution in [0.2, 0.25) is 0 Å². The van der Waals surface area contributed by atoms with Gasteiger partial charge in [-0.05, 0) is 50.8 Å². The lowest BCUT2D eigenvalue weighted by Gasteiger charge is -2.32. The van der Waals surface area contributed by atoms with E-state index in [1.54, 1.807) is 7.11 Å². The SMILES string of the molecule is COCCN1CCC(N[C@H]2CC2C(C)=Cc2ccccc2)CC1. The van der Waals surface area contributed by atoms with Crippen LogP contribution in [0.15, 0.2) is 35.9 Å². The van der Waals surface area contributed by atoms with Gasteiger partial charge in [0, 0.05) is 25.7 Å². The summed E-state index contributed by atoms with van der Waals surface area (Å²) in [7, 11) is 1.78. The number of rotatable bonds is 7. The summed E-state index contributed by atoms with van der Waals surface area (Å²) in [6.45, 7) is 6.63. The molecule has 1 saturated heterocycles. The second-order valence-corrected chi connectivity index (χ2v) is 7.02. The highest BCUT2D eigenvalue weighted by Gasteiger charge is 2.39. The summed E-state index contributed by atoms with van der Waals surface area (Å²) in [6.07, 6.45) is 6.20. The van der Waals surface area contributed by atoms with Crippen molar-refractivity contribution in [3.8, 4) is 0 Å². The molecule has 1 aliphatic heterocycles. The molecule has 126 valence electrons. The van der Waals surface area contributed by atoms with Crippen LogP contribution < -0.4 is 5.32 Å². The first kappa shape index (κ1) is 16.7. The molecule has 3 rings (SSSR count). The lowest BCUT2D eigenvalue weighted by atomic mass is 10.0. The Bertz CT molecular complexity index is 506. The van der Waals surface area contributed by atoms with Gasteiger partial charge >= 0.3 is 0 Å². The zero-order chi connectivity index (χ0) is 16.1. The fourth-order valence-electron chi connectivity index (χ4n) is 3.65. The van der Waals surface area contributed by atoms with E-state index in [-0.39, 0.29) is 0 Å². The molecule has 0 aromatic heterocycles. The predicted octanol–water partition coefficient (Wildman–Crippen LogP) is 3.18. The Labute approximate surface area is 140 Å². The number of piperidine rings is 1. The molecule has 1 aromatic rings. The average molecular weight is 314 g/mol. The van der Waals surface area contributed by atoms with Gasteiger partial charge in [0.05, 0.1) is 6.61 Å². The van der Waals surface area contributed by atoms with Crippen molar-refractivity contribution in [2.45, 2.75) is 38.3 Å². The summed E-state index contributed by atoms with van der Waals surface area (Å²) in [5.74, 6) is 0.738. The smallest absolute Gasteiger partial charge is 0.0589 e. The molecule has 0 amide bonds. The van der Waals surface area contributed by atoms with E-state index in [1.807, 2.05) is 0 Å². The molecule has 2 aliphatic rings. The fourth-order valence-corrected chi connectivity index (χ4v) is 3.65. The molecule has 1 aromatic carbocycles. The van der Waals surface area contributed by atoms with Crippen LogP contribution in [-0.4, -0.2) is 50.3 Å². The van der Waals surface area contributed by atoms with Crippen LogP contribution in [0.5, 0.6) is 0 Å². The van der Waals surface area contributed by atoms with Crippen LogP contribution in [0.25, 0.3) is 6.08 Å². The highest BCUT2D eigenvalue weighted by molar-refractivity contribution is 5.53. The van der Waals surface area contributed by atoms with Gasteiger partial charge in [-0.25, -0.2) is 0 Å². The molecular weight excluding hydrogens is 284 g/mol. The quantitative estimate of drug-likeness (QED) is 0.836. The third-order valence-corrected chi connectivity index (χ3v) is 5.22. The average Bonchev–Trinajstić information content (AvgIpc) is 3.34. The first-order valence-electron chi connectivity index (χ1n) is 8.97. The predicted molar refractivity (Wildman–Crippen MR) is 96.5 cm³/mol. The Morgan fingerprint density at radius 2 is 2.00 bits per heavy atom. The van der Waals surface area contributed by atoms with Crippen molar-refractivity contribution in [1.82, 2.24) is 10.2 Å². The van der Waals surface area contributed by atoms with Crippen LogP contribution in [0.3, 0.4) is 0 Å². The zero-order valence-corrected chi connectivity index (χ0v) is 14.5. The van der Waals surface area contributed by atoms with Crippen molar-refractivity contribution >= 4 is 6.08 Å². The van der Waals surface area contributed by atoms with Gasteiger partial charge in [0.1, 0.15) is 0 Å². The molecule has 3 heteroatoms. The Kier molecular flexibility index (Phi) is 5.87. The molecule has 2 fully saturated rings. The fraction of sp³-hybridized carbons (Fsp3) is 0.600. The van der Waals surface area contributed by atoms with Gasteiger partial charge in [-0.3, -0.25) is 0 Å². The van der Waals surface area contributed by atoms with E-state index < -0.39 is 0 Å². The molecule has 0 radical (unpaired) electrons. The number of ether oxygens (including phenoxy) is 1. The summed E-state index contributed by atoms with van der Waals surface area (Å²) in [6, 6.07) is 12.1. The second-order valence-electron chi connectivity index (χ2n) is 7.02. The third kappa shape index (κ3) is 4.90. The molecule has 2 atom stereocenters. The number of hydrogen-bond acceptors (Lipinski definition) is 3. The molecule has 0 bridgehead atoms. The van der Waals surface area contributed by atoms with Gasteiger partial charge in [-0.1, -0.05) is 42.0 Å². The minimum atomic E-state index is 0.700. The van der Waals surface area contributed by atoms with Crippen LogP contribution in [0.4, 0.5) is 0 Å². The van der Waals surface area contributed by atoms with Crippen molar-refractivity contribution in [2.75, 3.05) is 33.4 Å². The third-order valence-electron chi connectivity index (χ3n) is 5.22. The summed E-state index contributed by atoms with van der Waals surface area (Å²) >= 11 is 0. The van der Waals surface area contributed by atoms with E-state index in [0.29, 0.717) is 12.1 Å². The van der Waals surface area contributed by atoms with Crippen LogP contribution in [0.1, 0.15) is 31.7 Å². The van der Waals surface area contributed by atoms with Crippen LogP contribution in [-0.2, 0) is 4.74 Å². The van der Waals surface area contributed by atoms with Crippen LogP contribution >= 0.6 is 0 Å². The first-order chi connectivity index (χ1) is 11.3. The van der Waals surface area contributed by atoms with E-state index in [2.05, 4.69) is 53.5 Å².